The van der Waals surface area contributed by atoms with E-state index in [9.17, 15) is 0 Å². The van der Waals surface area contributed by atoms with Crippen molar-refractivity contribution in [2.24, 2.45) is 0 Å². The Bertz CT molecular complexity index is 47.7. The van der Waals surface area contributed by atoms with E-state index in [0.29, 0.717) is 6.61 Å². The molecule has 0 aromatic rings. The van der Waals surface area contributed by atoms with Gasteiger partial charge in [0.05, 0.1) is 13.2 Å². The number of hydrogen-bond donors (Lipinski definition) is 1. The maximum atomic E-state index is 8.30. The zero-order chi connectivity index (χ0) is 8.95. The fraction of sp³-hybridized carbons (Fsp3) is 1.00. The molecule has 0 atom stereocenters. The molecule has 0 saturated heterocycles. The van der Waals surface area contributed by atoms with Gasteiger partial charge in [0.25, 0.3) is 0 Å². The van der Waals surface area contributed by atoms with Gasteiger partial charge < -0.3 is 9.84 Å². The van der Waals surface area contributed by atoms with E-state index in [0.717, 1.165) is 13.0 Å². The molecule has 0 fully saturated rings. The molecule has 11 heavy (non-hydrogen) atoms. The first-order valence-corrected chi connectivity index (χ1v) is 7.46. The summed E-state index contributed by atoms with van der Waals surface area (Å²) in [4.78, 5) is 0. The first-order chi connectivity index (χ1) is 5.41. The summed E-state index contributed by atoms with van der Waals surface area (Å²) in [5, 5.41) is 8.30. The van der Waals surface area contributed by atoms with Crippen LogP contribution in [-0.4, -0.2) is 24.9 Å². The van der Waals surface area contributed by atoms with Gasteiger partial charge in [-0.15, -0.1) is 0 Å². The molecule has 0 amide bonds. The zero-order valence-corrected chi connectivity index (χ0v) is 10.0. The molecule has 0 radical (unpaired) electrons. The summed E-state index contributed by atoms with van der Waals surface area (Å²) in [5.41, 5.74) is 0. The highest BCUT2D eigenvalue weighted by Gasteiger charge is 1.85. The van der Waals surface area contributed by atoms with E-state index in [1.54, 1.807) is 0 Å². The van der Waals surface area contributed by atoms with Gasteiger partial charge >= 0.3 is 0 Å². The van der Waals surface area contributed by atoms with E-state index in [4.69, 9.17) is 9.84 Å². The van der Waals surface area contributed by atoms with Crippen LogP contribution in [-0.2, 0) is 4.74 Å². The van der Waals surface area contributed by atoms with Gasteiger partial charge in [-0.2, -0.15) is 0 Å². The molecular weight excluding hydrogens is 276 g/mol. The Hall–Kier alpha value is 0.880. The van der Waals surface area contributed by atoms with Gasteiger partial charge in [-0.1, -0.05) is 19.8 Å². The average molecular weight is 292 g/mol. The molecule has 0 saturated carbocycles. The first-order valence-electron chi connectivity index (χ1n) is 3.74. The second-order valence-electron chi connectivity index (χ2n) is 2.04. The van der Waals surface area contributed by atoms with Crippen molar-refractivity contribution < 1.29 is 9.84 Å². The molecule has 0 aliphatic heterocycles. The predicted octanol–water partition coefficient (Wildman–Crippen LogP) is 2.88. The minimum absolute atomic E-state index is 0.145. The van der Waals surface area contributed by atoms with E-state index >= 15 is 0 Å². The molecule has 0 aromatic carbocycles. The molecule has 2 nitrogen and oxygen atoms in total. The Labute approximate surface area is 84.2 Å². The Morgan fingerprint density at radius 3 is 2.27 bits per heavy atom. The quantitative estimate of drug-likeness (QED) is 0.763. The van der Waals surface area contributed by atoms with Crippen molar-refractivity contribution in [2.75, 3.05) is 19.8 Å². The summed E-state index contributed by atoms with van der Waals surface area (Å²) in [6.07, 6.45) is 3.57. The lowest BCUT2D eigenvalue weighted by molar-refractivity contribution is 0.0898. The molecule has 0 bridgehead atoms. The number of halogens is 2. The standard InChI is InChI=1S/C7H16O2.Br2/c1-2-3-4-6-9-7-5-8;1-2/h8H,2-7H2,1H3;. The van der Waals surface area contributed by atoms with E-state index in [1.807, 2.05) is 0 Å². The summed E-state index contributed by atoms with van der Waals surface area (Å²) >= 11 is 5.50. The molecule has 0 aliphatic carbocycles. The SMILES string of the molecule is BrBr.CCCCCOCCO. The molecule has 0 aromatic heterocycles. The highest BCUT2D eigenvalue weighted by molar-refractivity contribution is 9.93. The number of hydrogen-bond acceptors (Lipinski definition) is 2. The first kappa shape index (κ1) is 14.4. The van der Waals surface area contributed by atoms with Crippen LogP contribution >= 0.6 is 28.3 Å². The van der Waals surface area contributed by atoms with Crippen molar-refractivity contribution in [3.05, 3.63) is 0 Å². The lowest BCUT2D eigenvalue weighted by Gasteiger charge is -1.98. The molecular formula is C7H16Br2O2. The van der Waals surface area contributed by atoms with Gasteiger partial charge in [-0.25, -0.2) is 0 Å². The summed E-state index contributed by atoms with van der Waals surface area (Å²) in [7, 11) is 0. The van der Waals surface area contributed by atoms with E-state index < -0.39 is 0 Å². The fourth-order valence-corrected chi connectivity index (χ4v) is 0.621. The Morgan fingerprint density at radius 1 is 1.18 bits per heavy atom. The monoisotopic (exact) mass is 290 g/mol. The summed E-state index contributed by atoms with van der Waals surface area (Å²) < 4.78 is 5.03. The number of ether oxygens (including phenoxy) is 1. The number of aliphatic hydroxyl groups is 1. The number of aliphatic hydroxyl groups excluding tert-OH is 1. The number of rotatable bonds is 6. The molecule has 0 aliphatic rings. The molecule has 0 spiro atoms. The van der Waals surface area contributed by atoms with Crippen LogP contribution in [0.2, 0.25) is 0 Å². The minimum atomic E-state index is 0.145. The molecule has 70 valence electrons. The fourth-order valence-electron chi connectivity index (χ4n) is 0.621. The third-order valence-corrected chi connectivity index (χ3v) is 1.13. The Balaban J connectivity index is 0. The molecule has 0 unspecified atom stereocenters. The second kappa shape index (κ2) is 17.1. The molecule has 1 N–H and O–H groups in total. The van der Waals surface area contributed by atoms with Crippen LogP contribution in [0.5, 0.6) is 0 Å². The maximum absolute atomic E-state index is 8.30. The van der Waals surface area contributed by atoms with Crippen molar-refractivity contribution in [1.82, 2.24) is 0 Å². The largest absolute Gasteiger partial charge is 0.394 e. The van der Waals surface area contributed by atoms with Crippen LogP contribution in [0.4, 0.5) is 0 Å². The van der Waals surface area contributed by atoms with Gasteiger partial charge in [-0.3, -0.25) is 0 Å². The maximum Gasteiger partial charge on any atom is 0.0697 e. The topological polar surface area (TPSA) is 29.5 Å². The van der Waals surface area contributed by atoms with Crippen molar-refractivity contribution >= 4 is 28.3 Å². The van der Waals surface area contributed by atoms with Crippen molar-refractivity contribution in [2.45, 2.75) is 26.2 Å². The van der Waals surface area contributed by atoms with Crippen LogP contribution in [0.3, 0.4) is 0 Å². The number of unbranched alkanes of at least 4 members (excludes halogenated alkanes) is 2. The van der Waals surface area contributed by atoms with Crippen molar-refractivity contribution in [3.8, 4) is 0 Å². The van der Waals surface area contributed by atoms with Crippen LogP contribution in [0.25, 0.3) is 0 Å². The highest BCUT2D eigenvalue weighted by Crippen LogP contribution is 1.93. The predicted molar refractivity (Wildman–Crippen MR) is 55.3 cm³/mol. The van der Waals surface area contributed by atoms with Crippen LogP contribution in [0.1, 0.15) is 26.2 Å². The highest BCUT2D eigenvalue weighted by atomic mass is 80.9. The Kier molecular flexibility index (Phi) is 22.4. The second-order valence-corrected chi connectivity index (χ2v) is 2.04. The van der Waals surface area contributed by atoms with Gasteiger partial charge in [0, 0.05) is 34.9 Å². The third kappa shape index (κ3) is 18.1. The van der Waals surface area contributed by atoms with Gasteiger partial charge in [0.2, 0.25) is 0 Å². The normalized spacial score (nSPS) is 8.73. The third-order valence-electron chi connectivity index (χ3n) is 1.13. The van der Waals surface area contributed by atoms with E-state index in [-0.39, 0.29) is 6.61 Å². The smallest absolute Gasteiger partial charge is 0.0697 e. The van der Waals surface area contributed by atoms with Crippen LogP contribution in [0, 0.1) is 0 Å². The van der Waals surface area contributed by atoms with E-state index in [1.165, 1.54) is 12.8 Å². The minimum Gasteiger partial charge on any atom is -0.394 e. The van der Waals surface area contributed by atoms with Crippen molar-refractivity contribution in [3.63, 3.8) is 0 Å². The van der Waals surface area contributed by atoms with Gasteiger partial charge in [0.1, 0.15) is 0 Å². The summed E-state index contributed by atoms with van der Waals surface area (Å²) in [6.45, 7) is 3.59. The van der Waals surface area contributed by atoms with Crippen LogP contribution in [0.15, 0.2) is 0 Å². The lowest BCUT2D eigenvalue weighted by atomic mass is 10.3. The van der Waals surface area contributed by atoms with Crippen LogP contribution < -0.4 is 0 Å². The molecule has 4 heteroatoms. The average Bonchev–Trinajstić information content (AvgIpc) is 2.08. The van der Waals surface area contributed by atoms with Gasteiger partial charge in [0.15, 0.2) is 0 Å². The summed E-state index contributed by atoms with van der Waals surface area (Å²) in [6, 6.07) is 0. The lowest BCUT2D eigenvalue weighted by Crippen LogP contribution is -2.00. The van der Waals surface area contributed by atoms with Gasteiger partial charge in [-0.05, 0) is 6.42 Å². The Morgan fingerprint density at radius 2 is 1.82 bits per heavy atom. The van der Waals surface area contributed by atoms with Crippen molar-refractivity contribution in [1.29, 1.82) is 0 Å². The summed E-state index contributed by atoms with van der Waals surface area (Å²) in [5.74, 6) is 0. The molecule has 0 rings (SSSR count). The molecule has 0 heterocycles. The van der Waals surface area contributed by atoms with E-state index in [2.05, 4.69) is 35.2 Å². The zero-order valence-electron chi connectivity index (χ0n) is 6.85.